The molecule has 2 aromatic rings. The number of carboxylic acids is 1. The van der Waals surface area contributed by atoms with Gasteiger partial charge in [-0.1, -0.05) is 30.3 Å². The lowest BCUT2D eigenvalue weighted by molar-refractivity contribution is -0.117. The second-order valence-corrected chi connectivity index (χ2v) is 6.64. The number of carbonyl (C=O) groups excluding carboxylic acids is 1. The summed E-state index contributed by atoms with van der Waals surface area (Å²) >= 11 is 0. The number of amides is 1. The topological polar surface area (TPSA) is 124 Å². The molecule has 0 spiro atoms. The first kappa shape index (κ1) is 20.2. The molecule has 0 aromatic heterocycles. The minimum Gasteiger partial charge on any atom is -0.478 e. The Labute approximate surface area is 146 Å². The Morgan fingerprint density at radius 3 is 2.00 bits per heavy atom. The number of hydrogen-bond donors (Lipinski definition) is 2. The van der Waals surface area contributed by atoms with Crippen LogP contribution in [0.2, 0.25) is 0 Å². The van der Waals surface area contributed by atoms with Crippen LogP contribution in [0.3, 0.4) is 0 Å². The number of aryl methyl sites for hydroxylation is 1. The quantitative estimate of drug-likeness (QED) is 0.753. The number of carbonyl (C=O) groups is 2. The zero-order chi connectivity index (χ0) is 18.9. The van der Waals surface area contributed by atoms with Gasteiger partial charge in [-0.05, 0) is 36.2 Å². The molecule has 0 fully saturated rings. The molecule has 0 unspecified atom stereocenters. The number of primary amides is 1. The van der Waals surface area contributed by atoms with Crippen molar-refractivity contribution >= 4 is 22.0 Å². The third-order valence-electron chi connectivity index (χ3n) is 2.85. The van der Waals surface area contributed by atoms with Crippen molar-refractivity contribution in [2.24, 2.45) is 5.73 Å². The zero-order valence-electron chi connectivity index (χ0n) is 13.6. The van der Waals surface area contributed by atoms with E-state index in [9.17, 15) is 18.0 Å². The molecule has 25 heavy (non-hydrogen) atoms. The second kappa shape index (κ2) is 9.43. The van der Waals surface area contributed by atoms with Crippen LogP contribution in [0.5, 0.6) is 5.75 Å². The largest absolute Gasteiger partial charge is 0.478 e. The van der Waals surface area contributed by atoms with E-state index in [-0.39, 0.29) is 18.1 Å². The molecule has 3 N–H and O–H groups in total. The molecular formula is C17H19NO6S. The minimum absolute atomic E-state index is 0.255. The van der Waals surface area contributed by atoms with Crippen LogP contribution in [0.4, 0.5) is 0 Å². The monoisotopic (exact) mass is 365 g/mol. The summed E-state index contributed by atoms with van der Waals surface area (Å²) in [5.41, 5.74) is 6.24. The van der Waals surface area contributed by atoms with Gasteiger partial charge in [-0.15, -0.1) is 0 Å². The van der Waals surface area contributed by atoms with Gasteiger partial charge >= 0.3 is 16.1 Å². The Bertz CT molecular complexity index is 801. The van der Waals surface area contributed by atoms with Crippen LogP contribution in [0.15, 0.2) is 54.6 Å². The fraction of sp³-hybridized carbons (Fsp3) is 0.176. The number of nitrogens with two attached hydrogens (primary N) is 1. The average Bonchev–Trinajstić information content (AvgIpc) is 2.54. The van der Waals surface area contributed by atoms with E-state index in [1.54, 1.807) is 42.5 Å². The van der Waals surface area contributed by atoms with E-state index in [0.717, 1.165) is 11.8 Å². The summed E-state index contributed by atoms with van der Waals surface area (Å²) in [6.45, 7) is 0. The molecule has 0 saturated carbocycles. The van der Waals surface area contributed by atoms with Gasteiger partial charge in [-0.3, -0.25) is 4.79 Å². The van der Waals surface area contributed by atoms with Crippen molar-refractivity contribution in [1.82, 2.24) is 0 Å². The first-order valence-electron chi connectivity index (χ1n) is 7.22. The number of hydrogen-bond acceptors (Lipinski definition) is 5. The van der Waals surface area contributed by atoms with E-state index >= 15 is 0 Å². The van der Waals surface area contributed by atoms with E-state index in [2.05, 4.69) is 4.18 Å². The molecule has 8 heteroatoms. The highest BCUT2D eigenvalue weighted by atomic mass is 32.2. The van der Waals surface area contributed by atoms with E-state index in [1.165, 1.54) is 12.1 Å². The smallest absolute Gasteiger partial charge is 0.335 e. The SMILES string of the molecule is CS(=O)(=O)Oc1ccc(CCC(N)=O)cc1.O=C(O)c1ccccc1. The molecule has 134 valence electrons. The van der Waals surface area contributed by atoms with Crippen molar-refractivity contribution in [3.05, 3.63) is 65.7 Å². The first-order valence-corrected chi connectivity index (χ1v) is 9.04. The van der Waals surface area contributed by atoms with E-state index in [0.29, 0.717) is 12.0 Å². The lowest BCUT2D eigenvalue weighted by Crippen LogP contribution is -2.11. The van der Waals surface area contributed by atoms with Gasteiger partial charge in [0.2, 0.25) is 5.91 Å². The standard InChI is InChI=1S/C10H13NO4S.C7H6O2/c1-16(13,14)15-9-5-2-8(3-6-9)4-7-10(11)12;8-7(9)6-4-2-1-3-5-6/h2-3,5-6H,4,7H2,1H3,(H2,11,12);1-5H,(H,8,9). The van der Waals surface area contributed by atoms with Gasteiger partial charge in [-0.2, -0.15) is 8.42 Å². The highest BCUT2D eigenvalue weighted by molar-refractivity contribution is 7.86. The van der Waals surface area contributed by atoms with E-state index < -0.39 is 16.1 Å². The molecule has 0 bridgehead atoms. The summed E-state index contributed by atoms with van der Waals surface area (Å²) in [5, 5.41) is 8.38. The Kier molecular flexibility index (Phi) is 7.61. The van der Waals surface area contributed by atoms with E-state index in [4.69, 9.17) is 10.8 Å². The molecule has 0 heterocycles. The molecule has 0 aliphatic rings. The molecule has 2 aromatic carbocycles. The van der Waals surface area contributed by atoms with Crippen LogP contribution < -0.4 is 9.92 Å². The van der Waals surface area contributed by atoms with Crippen LogP contribution in [0.1, 0.15) is 22.3 Å². The predicted molar refractivity (Wildman–Crippen MR) is 92.8 cm³/mol. The van der Waals surface area contributed by atoms with Crippen molar-refractivity contribution in [3.63, 3.8) is 0 Å². The maximum Gasteiger partial charge on any atom is 0.335 e. The van der Waals surface area contributed by atoms with Crippen molar-refractivity contribution in [2.45, 2.75) is 12.8 Å². The summed E-state index contributed by atoms with van der Waals surface area (Å²) in [6.07, 6.45) is 1.79. The van der Waals surface area contributed by atoms with E-state index in [1.807, 2.05) is 0 Å². The van der Waals surface area contributed by atoms with Gasteiger partial charge in [0.05, 0.1) is 11.8 Å². The first-order chi connectivity index (χ1) is 11.7. The van der Waals surface area contributed by atoms with Crippen LogP contribution in [-0.2, 0) is 21.3 Å². The summed E-state index contributed by atoms with van der Waals surface area (Å²) in [6, 6.07) is 14.8. The number of rotatable bonds is 6. The van der Waals surface area contributed by atoms with Gasteiger partial charge in [-0.25, -0.2) is 4.79 Å². The van der Waals surface area contributed by atoms with Crippen molar-refractivity contribution < 1.29 is 27.3 Å². The summed E-state index contributed by atoms with van der Waals surface area (Å²) in [7, 11) is -3.49. The summed E-state index contributed by atoms with van der Waals surface area (Å²) < 4.78 is 26.3. The van der Waals surface area contributed by atoms with Crippen molar-refractivity contribution in [2.75, 3.05) is 6.26 Å². The van der Waals surface area contributed by atoms with Crippen LogP contribution in [0.25, 0.3) is 0 Å². The highest BCUT2D eigenvalue weighted by Crippen LogP contribution is 2.14. The zero-order valence-corrected chi connectivity index (χ0v) is 14.4. The molecule has 7 nitrogen and oxygen atoms in total. The average molecular weight is 365 g/mol. The molecule has 0 saturated heterocycles. The lowest BCUT2D eigenvalue weighted by atomic mass is 10.1. The molecule has 0 aliphatic heterocycles. The Morgan fingerprint density at radius 1 is 1.04 bits per heavy atom. The van der Waals surface area contributed by atoms with Crippen molar-refractivity contribution in [1.29, 1.82) is 0 Å². The fourth-order valence-corrected chi connectivity index (χ4v) is 2.20. The molecule has 0 atom stereocenters. The fourth-order valence-electron chi connectivity index (χ4n) is 1.73. The third kappa shape index (κ3) is 9.11. The molecule has 0 aliphatic carbocycles. The normalized spacial score (nSPS) is 10.3. The molecular weight excluding hydrogens is 346 g/mol. The maximum atomic E-state index is 10.8. The van der Waals surface area contributed by atoms with Gasteiger partial charge < -0.3 is 15.0 Å². The lowest BCUT2D eigenvalue weighted by Gasteiger charge is -2.03. The Morgan fingerprint density at radius 2 is 1.60 bits per heavy atom. The van der Waals surface area contributed by atoms with Crippen LogP contribution in [0, 0.1) is 0 Å². The highest BCUT2D eigenvalue weighted by Gasteiger charge is 2.04. The predicted octanol–water partition coefficient (Wildman–Crippen LogP) is 1.83. The van der Waals surface area contributed by atoms with Gasteiger partial charge in [0.15, 0.2) is 0 Å². The summed E-state index contributed by atoms with van der Waals surface area (Å²) in [4.78, 5) is 20.7. The second-order valence-electron chi connectivity index (χ2n) is 5.07. The Balaban J connectivity index is 0.000000293. The van der Waals surface area contributed by atoms with Gasteiger partial charge in [0.1, 0.15) is 5.75 Å². The number of aromatic carboxylic acids is 1. The van der Waals surface area contributed by atoms with Gasteiger partial charge in [0.25, 0.3) is 0 Å². The van der Waals surface area contributed by atoms with Crippen LogP contribution >= 0.6 is 0 Å². The van der Waals surface area contributed by atoms with Crippen LogP contribution in [-0.4, -0.2) is 31.7 Å². The molecule has 0 radical (unpaired) electrons. The van der Waals surface area contributed by atoms with Crippen molar-refractivity contribution in [3.8, 4) is 5.75 Å². The molecule has 1 amide bonds. The summed E-state index contributed by atoms with van der Waals surface area (Å²) in [5.74, 6) is -0.989. The minimum atomic E-state index is -3.49. The maximum absolute atomic E-state index is 10.8. The number of benzene rings is 2. The number of carboxylic acid groups (broad SMARTS) is 1. The Hall–Kier alpha value is -2.87. The molecule has 2 rings (SSSR count). The van der Waals surface area contributed by atoms with Gasteiger partial charge in [0, 0.05) is 6.42 Å². The third-order valence-corrected chi connectivity index (χ3v) is 3.35.